The normalized spacial score (nSPS) is 11.6. The Balaban J connectivity index is 1.58. The van der Waals surface area contributed by atoms with Crippen LogP contribution in [0.25, 0.3) is 6.08 Å². The van der Waals surface area contributed by atoms with E-state index in [2.05, 4.69) is 41.0 Å². The molecule has 154 valence electrons. The molecule has 0 bridgehead atoms. The average Bonchev–Trinajstić information content (AvgIpc) is 2.71. The Bertz CT molecular complexity index is 1050. The van der Waals surface area contributed by atoms with Crippen LogP contribution in [0.3, 0.4) is 0 Å². The highest BCUT2D eigenvalue weighted by Crippen LogP contribution is 2.17. The van der Waals surface area contributed by atoms with E-state index in [1.54, 1.807) is 0 Å². The molecule has 0 amide bonds. The molecular formula is C23H24ClN5S. The Morgan fingerprint density at radius 1 is 1.10 bits per heavy atom. The SMILES string of the molecule is Cc1cccc(/C=C/SNc2cccc(/C(N)=N/N(N)Cc3cccc(Cl)c3)c2)c1. The number of nitrogens with two attached hydrogens (primary N) is 2. The van der Waals surface area contributed by atoms with Gasteiger partial charge in [0.25, 0.3) is 0 Å². The molecule has 3 rings (SSSR count). The minimum absolute atomic E-state index is 0.337. The first-order chi connectivity index (χ1) is 14.5. The summed E-state index contributed by atoms with van der Waals surface area (Å²) >= 11 is 7.49. The van der Waals surface area contributed by atoms with Crippen LogP contribution in [0.5, 0.6) is 0 Å². The van der Waals surface area contributed by atoms with Crippen LogP contribution in [0.1, 0.15) is 22.3 Å². The van der Waals surface area contributed by atoms with Gasteiger partial charge in [0.2, 0.25) is 0 Å². The summed E-state index contributed by atoms with van der Waals surface area (Å²) in [6.07, 6.45) is 2.06. The monoisotopic (exact) mass is 437 g/mol. The summed E-state index contributed by atoms with van der Waals surface area (Å²) in [6, 6.07) is 23.5. The fraction of sp³-hybridized carbons (Fsp3) is 0.0870. The van der Waals surface area contributed by atoms with Crippen molar-refractivity contribution in [1.29, 1.82) is 0 Å². The number of benzene rings is 3. The molecule has 0 heterocycles. The predicted octanol–water partition coefficient (Wildman–Crippen LogP) is 5.38. The third-order valence-electron chi connectivity index (χ3n) is 4.18. The molecule has 5 N–H and O–H groups in total. The summed E-state index contributed by atoms with van der Waals surface area (Å²) in [6.45, 7) is 2.48. The first-order valence-corrected chi connectivity index (χ1v) is 10.6. The second-order valence-corrected chi connectivity index (χ2v) is 7.88. The first kappa shape index (κ1) is 21.8. The maximum atomic E-state index is 6.15. The average molecular weight is 438 g/mol. The molecule has 0 aliphatic heterocycles. The number of amidine groups is 1. The molecule has 0 aliphatic carbocycles. The van der Waals surface area contributed by atoms with Crippen molar-refractivity contribution in [2.24, 2.45) is 16.7 Å². The lowest BCUT2D eigenvalue weighted by atomic mass is 10.1. The van der Waals surface area contributed by atoms with Gasteiger partial charge in [-0.15, -0.1) is 5.10 Å². The van der Waals surface area contributed by atoms with E-state index in [0.717, 1.165) is 22.4 Å². The molecule has 0 unspecified atom stereocenters. The Hall–Kier alpha value is -2.93. The van der Waals surface area contributed by atoms with Crippen molar-refractivity contribution in [3.05, 3.63) is 105 Å². The minimum atomic E-state index is 0.337. The Morgan fingerprint density at radius 3 is 2.70 bits per heavy atom. The molecule has 0 atom stereocenters. The van der Waals surface area contributed by atoms with E-state index in [1.807, 2.05) is 60.0 Å². The molecule has 0 aliphatic rings. The molecule has 0 fully saturated rings. The van der Waals surface area contributed by atoms with Crippen LogP contribution >= 0.6 is 23.5 Å². The van der Waals surface area contributed by atoms with E-state index in [-0.39, 0.29) is 0 Å². The number of halogens is 1. The molecule has 0 radical (unpaired) electrons. The largest absolute Gasteiger partial charge is 0.382 e. The quantitative estimate of drug-likeness (QED) is 0.145. The van der Waals surface area contributed by atoms with Crippen LogP contribution < -0.4 is 16.3 Å². The summed E-state index contributed by atoms with van der Waals surface area (Å²) in [4.78, 5) is 0. The molecule has 3 aromatic rings. The number of hydrogen-bond donors (Lipinski definition) is 3. The molecular weight excluding hydrogens is 414 g/mol. The zero-order chi connectivity index (χ0) is 21.3. The number of rotatable bonds is 8. The Labute approximate surface area is 186 Å². The lowest BCUT2D eigenvalue weighted by Gasteiger charge is -2.14. The van der Waals surface area contributed by atoms with Crippen LogP contribution in [-0.2, 0) is 6.54 Å². The zero-order valence-electron chi connectivity index (χ0n) is 16.6. The molecule has 0 saturated carbocycles. The fourth-order valence-electron chi connectivity index (χ4n) is 2.78. The van der Waals surface area contributed by atoms with Gasteiger partial charge in [-0.3, -0.25) is 0 Å². The van der Waals surface area contributed by atoms with Crippen LogP contribution in [0.2, 0.25) is 5.02 Å². The van der Waals surface area contributed by atoms with Gasteiger partial charge in [-0.05, 0) is 65.7 Å². The van der Waals surface area contributed by atoms with Crippen molar-refractivity contribution < 1.29 is 0 Å². The van der Waals surface area contributed by atoms with E-state index in [9.17, 15) is 0 Å². The van der Waals surface area contributed by atoms with E-state index in [0.29, 0.717) is 17.4 Å². The highest BCUT2D eigenvalue weighted by atomic mass is 35.5. The van der Waals surface area contributed by atoms with Crippen molar-refractivity contribution in [3.8, 4) is 0 Å². The topological polar surface area (TPSA) is 79.7 Å². The van der Waals surface area contributed by atoms with E-state index in [4.69, 9.17) is 23.2 Å². The third kappa shape index (κ3) is 6.84. The smallest absolute Gasteiger partial charge is 0.152 e. The second kappa shape index (κ2) is 10.7. The highest BCUT2D eigenvalue weighted by molar-refractivity contribution is 8.03. The van der Waals surface area contributed by atoms with E-state index in [1.165, 1.54) is 22.6 Å². The van der Waals surface area contributed by atoms with Crippen molar-refractivity contribution in [2.45, 2.75) is 13.5 Å². The van der Waals surface area contributed by atoms with Gasteiger partial charge in [-0.1, -0.05) is 65.7 Å². The second-order valence-electron chi connectivity index (χ2n) is 6.73. The number of hydrazine groups is 1. The van der Waals surface area contributed by atoms with Gasteiger partial charge in [0.05, 0.1) is 6.54 Å². The van der Waals surface area contributed by atoms with Crippen LogP contribution in [0, 0.1) is 6.92 Å². The predicted molar refractivity (Wildman–Crippen MR) is 130 cm³/mol. The summed E-state index contributed by atoms with van der Waals surface area (Å²) in [5.74, 6) is 6.33. The molecule has 3 aromatic carbocycles. The molecule has 30 heavy (non-hydrogen) atoms. The summed E-state index contributed by atoms with van der Waals surface area (Å²) < 4.78 is 3.28. The van der Waals surface area contributed by atoms with Crippen molar-refractivity contribution >= 4 is 41.1 Å². The van der Waals surface area contributed by atoms with Gasteiger partial charge in [0.1, 0.15) is 0 Å². The molecule has 5 nitrogen and oxygen atoms in total. The van der Waals surface area contributed by atoms with E-state index < -0.39 is 0 Å². The van der Waals surface area contributed by atoms with Gasteiger partial charge in [0, 0.05) is 16.3 Å². The van der Waals surface area contributed by atoms with Gasteiger partial charge in [0.15, 0.2) is 5.84 Å². The maximum Gasteiger partial charge on any atom is 0.152 e. The van der Waals surface area contributed by atoms with Crippen LogP contribution in [0.4, 0.5) is 5.69 Å². The molecule has 0 spiro atoms. The third-order valence-corrected chi connectivity index (χ3v) is 5.04. The number of hydrogen-bond acceptors (Lipinski definition) is 5. The van der Waals surface area contributed by atoms with Crippen molar-refractivity contribution in [3.63, 3.8) is 0 Å². The lowest BCUT2D eigenvalue weighted by Crippen LogP contribution is -2.29. The maximum absolute atomic E-state index is 6.15. The van der Waals surface area contributed by atoms with Crippen molar-refractivity contribution in [1.82, 2.24) is 5.12 Å². The van der Waals surface area contributed by atoms with Gasteiger partial charge < -0.3 is 10.5 Å². The van der Waals surface area contributed by atoms with Crippen LogP contribution in [-0.4, -0.2) is 11.0 Å². The Morgan fingerprint density at radius 2 is 1.90 bits per heavy atom. The van der Waals surface area contributed by atoms with E-state index >= 15 is 0 Å². The van der Waals surface area contributed by atoms with Crippen molar-refractivity contribution in [2.75, 3.05) is 4.72 Å². The fourth-order valence-corrected chi connectivity index (χ4v) is 3.55. The first-order valence-electron chi connectivity index (χ1n) is 9.36. The summed E-state index contributed by atoms with van der Waals surface area (Å²) in [7, 11) is 0. The number of nitrogens with zero attached hydrogens (tertiary/aromatic N) is 2. The standard InChI is InChI=1S/C23H24ClN5S/c1-17-5-2-6-18(13-17)11-12-30-28-22-10-4-8-20(15-22)23(25)27-29(26)16-19-7-3-9-21(24)14-19/h2-15,28H,16,26H2,1H3,(H2,25,27)/b12-11+. The van der Waals surface area contributed by atoms with Crippen LogP contribution in [0.15, 0.2) is 83.3 Å². The minimum Gasteiger partial charge on any atom is -0.382 e. The molecule has 0 saturated heterocycles. The number of hydrazone groups is 1. The number of anilines is 1. The number of nitrogens with one attached hydrogen (secondary N) is 1. The zero-order valence-corrected chi connectivity index (χ0v) is 18.2. The molecule has 7 heteroatoms. The van der Waals surface area contributed by atoms with Gasteiger partial charge >= 0.3 is 0 Å². The number of aryl methyl sites for hydroxylation is 1. The summed E-state index contributed by atoms with van der Waals surface area (Å²) in [5, 5.41) is 8.24. The van der Waals surface area contributed by atoms with Gasteiger partial charge in [-0.2, -0.15) is 0 Å². The summed E-state index contributed by atoms with van der Waals surface area (Å²) in [5.41, 5.74) is 11.2. The Kier molecular flexibility index (Phi) is 7.79. The highest BCUT2D eigenvalue weighted by Gasteiger charge is 2.04. The van der Waals surface area contributed by atoms with Gasteiger partial charge in [-0.25, -0.2) is 11.0 Å². The lowest BCUT2D eigenvalue weighted by molar-refractivity contribution is 0.290. The molecule has 0 aromatic heterocycles.